The van der Waals surface area contributed by atoms with Crippen LogP contribution >= 0.6 is 0 Å². The summed E-state index contributed by atoms with van der Waals surface area (Å²) in [6, 6.07) is 0.210. The van der Waals surface area contributed by atoms with E-state index in [4.69, 9.17) is 0 Å². The van der Waals surface area contributed by atoms with Crippen molar-refractivity contribution in [1.82, 2.24) is 13.9 Å². The van der Waals surface area contributed by atoms with Crippen molar-refractivity contribution in [3.8, 4) is 0 Å². The molecule has 0 amide bonds. The molecule has 6 heteroatoms. The Bertz CT molecular complexity index is 378. The Morgan fingerprint density at radius 2 is 1.76 bits per heavy atom. The number of piperidine rings is 1. The standard InChI is InChI=1S/C11H21N3O2S/c15-17(16,13-5-2-1-3-6-13)14-7-4-10-8-12-9-11(10)14/h10-12H,1-9H2/t10-,11+/m0/s1. The van der Waals surface area contributed by atoms with Crippen molar-refractivity contribution in [2.75, 3.05) is 32.7 Å². The second kappa shape index (κ2) is 4.50. The van der Waals surface area contributed by atoms with Gasteiger partial charge in [0.05, 0.1) is 0 Å². The lowest BCUT2D eigenvalue weighted by atomic mass is 10.1. The molecule has 5 nitrogen and oxygen atoms in total. The molecule has 3 fully saturated rings. The van der Waals surface area contributed by atoms with E-state index >= 15 is 0 Å². The van der Waals surface area contributed by atoms with Crippen molar-refractivity contribution in [2.45, 2.75) is 31.7 Å². The van der Waals surface area contributed by atoms with E-state index in [1.165, 1.54) is 6.42 Å². The fraction of sp³-hybridized carbons (Fsp3) is 1.00. The molecular weight excluding hydrogens is 238 g/mol. The molecular formula is C11H21N3O2S. The molecule has 0 aromatic carbocycles. The summed E-state index contributed by atoms with van der Waals surface area (Å²) in [4.78, 5) is 0. The van der Waals surface area contributed by atoms with E-state index in [0.29, 0.717) is 19.0 Å². The lowest BCUT2D eigenvalue weighted by Gasteiger charge is -2.32. The second-order valence-corrected chi connectivity index (χ2v) is 7.23. The minimum atomic E-state index is -3.19. The van der Waals surface area contributed by atoms with Crippen molar-refractivity contribution in [3.05, 3.63) is 0 Å². The fourth-order valence-electron chi connectivity index (χ4n) is 3.34. The lowest BCUT2D eigenvalue weighted by molar-refractivity contribution is 0.294. The fourth-order valence-corrected chi connectivity index (χ4v) is 5.28. The first-order valence-electron chi connectivity index (χ1n) is 6.67. The normalized spacial score (nSPS) is 36.2. The van der Waals surface area contributed by atoms with E-state index in [2.05, 4.69) is 5.32 Å². The molecule has 3 aliphatic heterocycles. The third-order valence-electron chi connectivity index (χ3n) is 4.33. The van der Waals surface area contributed by atoms with Crippen molar-refractivity contribution in [1.29, 1.82) is 0 Å². The van der Waals surface area contributed by atoms with Crippen LogP contribution in [0, 0.1) is 5.92 Å². The highest BCUT2D eigenvalue weighted by Crippen LogP contribution is 2.31. The molecule has 0 bridgehead atoms. The van der Waals surface area contributed by atoms with Gasteiger partial charge in [-0.25, -0.2) is 0 Å². The Morgan fingerprint density at radius 1 is 1.00 bits per heavy atom. The summed E-state index contributed by atoms with van der Waals surface area (Å²) < 4.78 is 28.6. The highest BCUT2D eigenvalue weighted by atomic mass is 32.2. The van der Waals surface area contributed by atoms with Gasteiger partial charge in [-0.15, -0.1) is 0 Å². The summed E-state index contributed by atoms with van der Waals surface area (Å²) in [6.45, 7) is 3.96. The molecule has 0 radical (unpaired) electrons. The smallest absolute Gasteiger partial charge is 0.282 e. The minimum absolute atomic E-state index is 0.210. The van der Waals surface area contributed by atoms with Crippen LogP contribution in [-0.2, 0) is 10.2 Å². The van der Waals surface area contributed by atoms with Gasteiger partial charge in [0.2, 0.25) is 0 Å². The number of rotatable bonds is 2. The van der Waals surface area contributed by atoms with Crippen molar-refractivity contribution in [2.24, 2.45) is 5.92 Å². The van der Waals surface area contributed by atoms with Gasteiger partial charge < -0.3 is 5.32 Å². The van der Waals surface area contributed by atoms with Gasteiger partial charge >= 0.3 is 0 Å². The SMILES string of the molecule is O=S(=O)(N1CCCCC1)N1CC[C@H]2CNC[C@H]21. The molecule has 0 aliphatic carbocycles. The molecule has 3 rings (SSSR count). The zero-order valence-electron chi connectivity index (χ0n) is 10.1. The van der Waals surface area contributed by atoms with Crippen molar-refractivity contribution >= 4 is 10.2 Å². The largest absolute Gasteiger partial charge is 0.315 e. The van der Waals surface area contributed by atoms with Gasteiger partial charge in [-0.2, -0.15) is 17.0 Å². The lowest BCUT2D eigenvalue weighted by Crippen LogP contribution is -2.49. The van der Waals surface area contributed by atoms with E-state index < -0.39 is 10.2 Å². The maximum Gasteiger partial charge on any atom is 0.282 e. The molecule has 0 saturated carbocycles. The van der Waals surface area contributed by atoms with E-state index in [1.807, 2.05) is 0 Å². The molecule has 1 N–H and O–H groups in total. The number of hydrogen-bond donors (Lipinski definition) is 1. The highest BCUT2D eigenvalue weighted by molar-refractivity contribution is 7.86. The van der Waals surface area contributed by atoms with Crippen LogP contribution in [0.1, 0.15) is 25.7 Å². The predicted octanol–water partition coefficient (Wildman–Crippen LogP) is 0.0108. The number of nitrogens with one attached hydrogen (secondary N) is 1. The first-order valence-corrected chi connectivity index (χ1v) is 8.07. The second-order valence-electron chi connectivity index (χ2n) is 5.35. The molecule has 3 aliphatic rings. The molecule has 3 saturated heterocycles. The maximum absolute atomic E-state index is 12.6. The Labute approximate surface area is 103 Å². The van der Waals surface area contributed by atoms with E-state index in [9.17, 15) is 8.42 Å². The summed E-state index contributed by atoms with van der Waals surface area (Å²) in [6.07, 6.45) is 4.21. The van der Waals surface area contributed by atoms with Gasteiger partial charge in [-0.1, -0.05) is 6.42 Å². The zero-order valence-corrected chi connectivity index (χ0v) is 11.0. The van der Waals surface area contributed by atoms with Gasteiger partial charge in [0.1, 0.15) is 0 Å². The third kappa shape index (κ3) is 2.01. The zero-order chi connectivity index (χ0) is 11.9. The quantitative estimate of drug-likeness (QED) is 0.760. The summed E-state index contributed by atoms with van der Waals surface area (Å²) in [5.41, 5.74) is 0. The minimum Gasteiger partial charge on any atom is -0.315 e. The maximum atomic E-state index is 12.6. The molecule has 3 heterocycles. The number of nitrogens with zero attached hydrogens (tertiary/aromatic N) is 2. The molecule has 0 aromatic heterocycles. The first kappa shape index (κ1) is 11.9. The summed E-state index contributed by atoms with van der Waals surface area (Å²) in [7, 11) is -3.19. The van der Waals surface area contributed by atoms with Crippen LogP contribution in [0.3, 0.4) is 0 Å². The van der Waals surface area contributed by atoms with Crippen LogP contribution in [-0.4, -0.2) is 55.8 Å². The van der Waals surface area contributed by atoms with Gasteiger partial charge in [-0.05, 0) is 31.7 Å². The number of hydrogen-bond acceptors (Lipinski definition) is 3. The summed E-state index contributed by atoms with van der Waals surface area (Å²) in [5, 5.41) is 3.30. The van der Waals surface area contributed by atoms with Gasteiger partial charge in [0, 0.05) is 32.2 Å². The van der Waals surface area contributed by atoms with Crippen LogP contribution in [0.4, 0.5) is 0 Å². The summed E-state index contributed by atoms with van der Waals surface area (Å²) >= 11 is 0. The topological polar surface area (TPSA) is 52.7 Å². The predicted molar refractivity (Wildman–Crippen MR) is 65.8 cm³/mol. The molecule has 2 atom stereocenters. The monoisotopic (exact) mass is 259 g/mol. The Balaban J connectivity index is 1.77. The van der Waals surface area contributed by atoms with Crippen LogP contribution in [0.5, 0.6) is 0 Å². The molecule has 98 valence electrons. The van der Waals surface area contributed by atoms with E-state index in [-0.39, 0.29) is 6.04 Å². The van der Waals surface area contributed by atoms with Crippen LogP contribution in [0.15, 0.2) is 0 Å². The van der Waals surface area contributed by atoms with E-state index in [0.717, 1.165) is 38.9 Å². The average Bonchev–Trinajstić information content (AvgIpc) is 2.91. The average molecular weight is 259 g/mol. The summed E-state index contributed by atoms with van der Waals surface area (Å²) in [5.74, 6) is 0.537. The van der Waals surface area contributed by atoms with Crippen molar-refractivity contribution in [3.63, 3.8) is 0 Å². The molecule has 17 heavy (non-hydrogen) atoms. The van der Waals surface area contributed by atoms with Gasteiger partial charge in [0.15, 0.2) is 0 Å². The Hall–Kier alpha value is -0.170. The Morgan fingerprint density at radius 3 is 2.53 bits per heavy atom. The van der Waals surface area contributed by atoms with Crippen molar-refractivity contribution < 1.29 is 8.42 Å². The first-order chi connectivity index (χ1) is 8.19. The molecule has 0 spiro atoms. The van der Waals surface area contributed by atoms with Gasteiger partial charge in [-0.3, -0.25) is 0 Å². The van der Waals surface area contributed by atoms with Crippen LogP contribution in [0.25, 0.3) is 0 Å². The van der Waals surface area contributed by atoms with Crippen LogP contribution < -0.4 is 5.32 Å². The van der Waals surface area contributed by atoms with Gasteiger partial charge in [0.25, 0.3) is 10.2 Å². The molecule has 0 unspecified atom stereocenters. The van der Waals surface area contributed by atoms with Crippen LogP contribution in [0.2, 0.25) is 0 Å². The molecule has 0 aromatic rings. The third-order valence-corrected chi connectivity index (χ3v) is 6.40. The Kier molecular flexibility index (Phi) is 3.15. The van der Waals surface area contributed by atoms with E-state index in [1.54, 1.807) is 8.61 Å². The number of fused-ring (bicyclic) bond motifs is 1. The highest BCUT2D eigenvalue weighted by Gasteiger charge is 2.45.